The van der Waals surface area contributed by atoms with E-state index in [0.717, 1.165) is 25.7 Å². The minimum absolute atomic E-state index is 0.336. The van der Waals surface area contributed by atoms with Crippen LogP contribution in [0.1, 0.15) is 48.3 Å². The average Bonchev–Trinajstić information content (AvgIpc) is 2.30. The van der Waals surface area contributed by atoms with Gasteiger partial charge in [0.15, 0.2) is 0 Å². The molecule has 2 unspecified atom stereocenters. The molecule has 0 aliphatic heterocycles. The van der Waals surface area contributed by atoms with Crippen LogP contribution in [-0.4, -0.2) is 5.78 Å². The van der Waals surface area contributed by atoms with Crippen molar-refractivity contribution in [2.45, 2.75) is 44.9 Å². The van der Waals surface area contributed by atoms with E-state index in [1.807, 2.05) is 0 Å². The summed E-state index contributed by atoms with van der Waals surface area (Å²) in [6, 6.07) is 6.59. The molecular formula is C15H18O. The minimum atomic E-state index is 0.336. The fourth-order valence-electron chi connectivity index (χ4n) is 3.56. The molecule has 1 saturated carbocycles. The molecule has 1 aromatic carbocycles. The zero-order valence-corrected chi connectivity index (χ0v) is 9.83. The number of carbonyl (C=O) groups is 1. The maximum absolute atomic E-state index is 11.9. The molecule has 0 bridgehead atoms. The molecule has 2 aliphatic rings. The van der Waals surface area contributed by atoms with Crippen LogP contribution in [0.2, 0.25) is 0 Å². The highest BCUT2D eigenvalue weighted by Crippen LogP contribution is 2.44. The standard InChI is InChI=1S/C15H18O/c1-10-4-2-5-12-11(10)8-9-14-13(12)6-3-7-15(14)16/h2,4-5,13-14H,3,6-9H2,1H3. The van der Waals surface area contributed by atoms with Gasteiger partial charge in [-0.15, -0.1) is 0 Å². The van der Waals surface area contributed by atoms with E-state index >= 15 is 0 Å². The van der Waals surface area contributed by atoms with Crippen molar-refractivity contribution in [1.29, 1.82) is 0 Å². The Morgan fingerprint density at radius 1 is 1.12 bits per heavy atom. The number of aryl methyl sites for hydroxylation is 1. The maximum atomic E-state index is 11.9. The predicted molar refractivity (Wildman–Crippen MR) is 64.6 cm³/mol. The number of fused-ring (bicyclic) bond motifs is 3. The fraction of sp³-hybridized carbons (Fsp3) is 0.533. The first-order valence-electron chi connectivity index (χ1n) is 6.38. The SMILES string of the molecule is Cc1cccc2c1CCC1C(=O)CCCC21. The van der Waals surface area contributed by atoms with Gasteiger partial charge in [-0.3, -0.25) is 4.79 Å². The summed E-state index contributed by atoms with van der Waals surface area (Å²) in [5.41, 5.74) is 4.41. The van der Waals surface area contributed by atoms with Gasteiger partial charge < -0.3 is 0 Å². The van der Waals surface area contributed by atoms with Crippen LogP contribution < -0.4 is 0 Å². The smallest absolute Gasteiger partial charge is 0.136 e. The Kier molecular flexibility index (Phi) is 2.34. The van der Waals surface area contributed by atoms with Crippen LogP contribution in [0.5, 0.6) is 0 Å². The van der Waals surface area contributed by atoms with Crippen LogP contribution in [0, 0.1) is 12.8 Å². The van der Waals surface area contributed by atoms with Crippen molar-refractivity contribution in [3.8, 4) is 0 Å². The fourth-order valence-corrected chi connectivity index (χ4v) is 3.56. The summed E-state index contributed by atoms with van der Waals surface area (Å²) >= 11 is 0. The first kappa shape index (κ1) is 10.1. The lowest BCUT2D eigenvalue weighted by Crippen LogP contribution is -2.31. The Hall–Kier alpha value is -1.11. The highest BCUT2D eigenvalue weighted by molar-refractivity contribution is 5.83. The lowest BCUT2D eigenvalue weighted by atomic mass is 9.67. The molecule has 2 aliphatic carbocycles. The summed E-state index contributed by atoms with van der Waals surface area (Å²) in [6.45, 7) is 2.20. The van der Waals surface area contributed by atoms with Gasteiger partial charge in [-0.05, 0) is 55.2 Å². The topological polar surface area (TPSA) is 17.1 Å². The molecule has 0 heterocycles. The monoisotopic (exact) mass is 214 g/mol. The number of Topliss-reactive ketones (excluding diaryl/α,β-unsaturated/α-hetero) is 1. The Labute approximate surface area is 96.9 Å². The largest absolute Gasteiger partial charge is 0.299 e. The van der Waals surface area contributed by atoms with Crippen molar-refractivity contribution in [2.75, 3.05) is 0 Å². The normalized spacial score (nSPS) is 28.4. The number of ketones is 1. The Morgan fingerprint density at radius 3 is 2.88 bits per heavy atom. The van der Waals surface area contributed by atoms with Gasteiger partial charge >= 0.3 is 0 Å². The van der Waals surface area contributed by atoms with Crippen molar-refractivity contribution >= 4 is 5.78 Å². The zero-order chi connectivity index (χ0) is 11.1. The van der Waals surface area contributed by atoms with Crippen molar-refractivity contribution in [3.05, 3.63) is 34.9 Å². The molecule has 16 heavy (non-hydrogen) atoms. The molecule has 0 radical (unpaired) electrons. The summed E-state index contributed by atoms with van der Waals surface area (Å²) in [5, 5.41) is 0. The van der Waals surface area contributed by atoms with Crippen LogP contribution in [-0.2, 0) is 11.2 Å². The van der Waals surface area contributed by atoms with E-state index in [1.54, 1.807) is 0 Å². The van der Waals surface area contributed by atoms with E-state index in [1.165, 1.54) is 23.1 Å². The molecule has 1 nitrogen and oxygen atoms in total. The third-order valence-corrected chi connectivity index (χ3v) is 4.39. The molecule has 1 fully saturated rings. The number of carbonyl (C=O) groups excluding carboxylic acids is 1. The second-order valence-electron chi connectivity index (χ2n) is 5.25. The van der Waals surface area contributed by atoms with Crippen LogP contribution in [0.4, 0.5) is 0 Å². The summed E-state index contributed by atoms with van der Waals surface area (Å²) in [5.74, 6) is 1.39. The van der Waals surface area contributed by atoms with E-state index in [2.05, 4.69) is 25.1 Å². The van der Waals surface area contributed by atoms with E-state index in [4.69, 9.17) is 0 Å². The maximum Gasteiger partial charge on any atom is 0.136 e. The van der Waals surface area contributed by atoms with Gasteiger partial charge in [-0.25, -0.2) is 0 Å². The molecular weight excluding hydrogens is 196 g/mol. The lowest BCUT2D eigenvalue weighted by Gasteiger charge is -2.36. The van der Waals surface area contributed by atoms with Gasteiger partial charge in [0.1, 0.15) is 5.78 Å². The molecule has 0 aromatic heterocycles. The molecule has 0 spiro atoms. The zero-order valence-electron chi connectivity index (χ0n) is 9.83. The molecule has 3 rings (SSSR count). The predicted octanol–water partition coefficient (Wildman–Crippen LogP) is 3.39. The summed E-state index contributed by atoms with van der Waals surface area (Å²) < 4.78 is 0. The van der Waals surface area contributed by atoms with Crippen LogP contribution >= 0.6 is 0 Å². The van der Waals surface area contributed by atoms with Gasteiger partial charge in [0.25, 0.3) is 0 Å². The van der Waals surface area contributed by atoms with Crippen LogP contribution in [0.3, 0.4) is 0 Å². The molecule has 0 saturated heterocycles. The van der Waals surface area contributed by atoms with Crippen LogP contribution in [0.15, 0.2) is 18.2 Å². The van der Waals surface area contributed by atoms with Gasteiger partial charge in [-0.2, -0.15) is 0 Å². The van der Waals surface area contributed by atoms with Crippen molar-refractivity contribution in [2.24, 2.45) is 5.92 Å². The third-order valence-electron chi connectivity index (χ3n) is 4.39. The number of rotatable bonds is 0. The van der Waals surface area contributed by atoms with Gasteiger partial charge in [-0.1, -0.05) is 18.2 Å². The first-order valence-corrected chi connectivity index (χ1v) is 6.38. The van der Waals surface area contributed by atoms with Gasteiger partial charge in [0.05, 0.1) is 0 Å². The van der Waals surface area contributed by atoms with E-state index in [9.17, 15) is 4.79 Å². The van der Waals surface area contributed by atoms with Crippen molar-refractivity contribution in [3.63, 3.8) is 0 Å². The van der Waals surface area contributed by atoms with Crippen LogP contribution in [0.25, 0.3) is 0 Å². The quantitative estimate of drug-likeness (QED) is 0.647. The molecule has 0 amide bonds. The number of benzene rings is 1. The summed E-state index contributed by atoms with van der Waals surface area (Å²) in [6.07, 6.45) is 5.32. The second kappa shape index (κ2) is 3.73. The molecule has 84 valence electrons. The van der Waals surface area contributed by atoms with Gasteiger partial charge in [0.2, 0.25) is 0 Å². The van der Waals surface area contributed by atoms with E-state index in [-0.39, 0.29) is 0 Å². The van der Waals surface area contributed by atoms with E-state index < -0.39 is 0 Å². The van der Waals surface area contributed by atoms with E-state index in [0.29, 0.717) is 17.6 Å². The van der Waals surface area contributed by atoms with Crippen molar-refractivity contribution in [1.82, 2.24) is 0 Å². The average molecular weight is 214 g/mol. The highest BCUT2D eigenvalue weighted by Gasteiger charge is 2.36. The Bertz CT molecular complexity index is 433. The Balaban J connectivity index is 2.06. The highest BCUT2D eigenvalue weighted by atomic mass is 16.1. The summed E-state index contributed by atoms with van der Waals surface area (Å²) in [4.78, 5) is 11.9. The second-order valence-corrected chi connectivity index (χ2v) is 5.25. The molecule has 2 atom stereocenters. The minimum Gasteiger partial charge on any atom is -0.299 e. The number of hydrogen-bond donors (Lipinski definition) is 0. The molecule has 1 aromatic rings. The van der Waals surface area contributed by atoms with Crippen molar-refractivity contribution < 1.29 is 4.79 Å². The molecule has 0 N–H and O–H groups in total. The Morgan fingerprint density at radius 2 is 2.00 bits per heavy atom. The van der Waals surface area contributed by atoms with Gasteiger partial charge in [0, 0.05) is 12.3 Å². The number of hydrogen-bond acceptors (Lipinski definition) is 1. The third kappa shape index (κ3) is 1.41. The summed E-state index contributed by atoms with van der Waals surface area (Å²) in [7, 11) is 0. The molecule has 1 heteroatoms. The first-order chi connectivity index (χ1) is 7.77. The lowest BCUT2D eigenvalue weighted by molar-refractivity contribution is -0.125.